The van der Waals surface area contributed by atoms with Crippen LogP contribution in [0.15, 0.2) is 28.8 Å². The Labute approximate surface area is 118 Å². The maximum atomic E-state index is 6.14. The van der Waals surface area contributed by atoms with Crippen LogP contribution in [0.3, 0.4) is 0 Å². The van der Waals surface area contributed by atoms with Gasteiger partial charge >= 0.3 is 0 Å². The second-order valence-electron chi connectivity index (χ2n) is 4.53. The molecule has 0 amide bonds. The highest BCUT2D eigenvalue weighted by atomic mass is 35.5. The highest BCUT2D eigenvalue weighted by Crippen LogP contribution is 2.28. The van der Waals surface area contributed by atoms with Crippen molar-refractivity contribution in [1.82, 2.24) is 15.5 Å². The first-order chi connectivity index (χ1) is 9.17. The Morgan fingerprint density at radius 3 is 2.74 bits per heavy atom. The smallest absolute Gasteiger partial charge is 0.231 e. The highest BCUT2D eigenvalue weighted by molar-refractivity contribution is 6.33. The number of hydrogen-bond acceptors (Lipinski definition) is 4. The third-order valence-electron chi connectivity index (χ3n) is 3.37. The van der Waals surface area contributed by atoms with Gasteiger partial charge in [0.1, 0.15) is 0 Å². The molecule has 1 heterocycles. The van der Waals surface area contributed by atoms with Crippen LogP contribution < -0.4 is 5.32 Å². The first-order valence-corrected chi connectivity index (χ1v) is 6.81. The summed E-state index contributed by atoms with van der Waals surface area (Å²) in [7, 11) is 1.93. The first-order valence-electron chi connectivity index (χ1n) is 6.43. The number of hydrogen-bond donors (Lipinski definition) is 1. The summed E-state index contributed by atoms with van der Waals surface area (Å²) in [6.45, 7) is 4.21. The van der Waals surface area contributed by atoms with Gasteiger partial charge in [0.2, 0.25) is 11.7 Å². The molecule has 2 rings (SSSR count). The largest absolute Gasteiger partial charge is 0.339 e. The van der Waals surface area contributed by atoms with Crippen LogP contribution in [0.2, 0.25) is 5.02 Å². The van der Waals surface area contributed by atoms with E-state index >= 15 is 0 Å². The number of rotatable bonds is 5. The highest BCUT2D eigenvalue weighted by Gasteiger charge is 2.23. The van der Waals surface area contributed by atoms with Crippen LogP contribution in [0.1, 0.15) is 32.1 Å². The number of nitrogens with zero attached hydrogens (tertiary/aromatic N) is 2. The molecule has 19 heavy (non-hydrogen) atoms. The number of benzene rings is 1. The molecule has 0 aliphatic heterocycles. The molecule has 1 N–H and O–H groups in total. The standard InChI is InChI=1S/C14H18ClN3O/c1-4-10(9(2)16-3)14-17-13(18-19-14)11-7-5-6-8-12(11)15/h5-10,16H,4H2,1-3H3. The number of likely N-dealkylation sites (N-methyl/N-ethyl adjacent to an activating group) is 1. The SMILES string of the molecule is CCC(c1nc(-c2ccccc2Cl)no1)C(C)NC. The maximum absolute atomic E-state index is 6.14. The van der Waals surface area contributed by atoms with Gasteiger partial charge in [-0.15, -0.1) is 0 Å². The van der Waals surface area contributed by atoms with Gasteiger partial charge in [-0.2, -0.15) is 4.98 Å². The molecule has 2 aromatic rings. The molecule has 0 saturated heterocycles. The summed E-state index contributed by atoms with van der Waals surface area (Å²) in [5.74, 6) is 1.40. The van der Waals surface area contributed by atoms with Gasteiger partial charge in [-0.1, -0.05) is 35.8 Å². The summed E-state index contributed by atoms with van der Waals surface area (Å²) in [5, 5.41) is 7.88. The summed E-state index contributed by atoms with van der Waals surface area (Å²) in [6, 6.07) is 7.78. The van der Waals surface area contributed by atoms with Crippen molar-refractivity contribution in [2.75, 3.05) is 7.05 Å². The second-order valence-corrected chi connectivity index (χ2v) is 4.94. The second kappa shape index (κ2) is 6.17. The summed E-state index contributed by atoms with van der Waals surface area (Å²) in [6.07, 6.45) is 0.937. The Morgan fingerprint density at radius 1 is 1.37 bits per heavy atom. The molecular formula is C14H18ClN3O. The number of aromatic nitrogens is 2. The topological polar surface area (TPSA) is 51.0 Å². The van der Waals surface area contributed by atoms with Gasteiger partial charge in [-0.25, -0.2) is 0 Å². The quantitative estimate of drug-likeness (QED) is 0.910. The van der Waals surface area contributed by atoms with E-state index in [1.165, 1.54) is 0 Å². The molecule has 0 radical (unpaired) electrons. The molecule has 4 nitrogen and oxygen atoms in total. The molecule has 0 saturated carbocycles. The van der Waals surface area contributed by atoms with Gasteiger partial charge in [0.05, 0.1) is 10.9 Å². The molecule has 2 unspecified atom stereocenters. The zero-order valence-electron chi connectivity index (χ0n) is 11.4. The summed E-state index contributed by atoms with van der Waals surface area (Å²) in [4.78, 5) is 4.48. The minimum atomic E-state index is 0.203. The van der Waals surface area contributed by atoms with Crippen LogP contribution in [0, 0.1) is 0 Å². The monoisotopic (exact) mass is 279 g/mol. The van der Waals surface area contributed by atoms with E-state index in [2.05, 4.69) is 29.3 Å². The van der Waals surface area contributed by atoms with Crippen molar-refractivity contribution in [3.63, 3.8) is 0 Å². The molecule has 1 aromatic heterocycles. The lowest BCUT2D eigenvalue weighted by Gasteiger charge is -2.17. The van der Waals surface area contributed by atoms with Crippen molar-refractivity contribution in [3.8, 4) is 11.4 Å². The van der Waals surface area contributed by atoms with Gasteiger partial charge in [0.15, 0.2) is 0 Å². The van der Waals surface area contributed by atoms with Crippen LogP contribution in [-0.2, 0) is 0 Å². The summed E-state index contributed by atoms with van der Waals surface area (Å²) in [5.41, 5.74) is 0.797. The summed E-state index contributed by atoms with van der Waals surface area (Å²) >= 11 is 6.14. The molecule has 0 bridgehead atoms. The lowest BCUT2D eigenvalue weighted by Crippen LogP contribution is -2.28. The van der Waals surface area contributed by atoms with E-state index in [9.17, 15) is 0 Å². The van der Waals surface area contributed by atoms with Crippen molar-refractivity contribution < 1.29 is 4.52 Å². The fourth-order valence-electron chi connectivity index (χ4n) is 2.08. The van der Waals surface area contributed by atoms with E-state index in [1.54, 1.807) is 0 Å². The zero-order chi connectivity index (χ0) is 13.8. The minimum absolute atomic E-state index is 0.203. The normalized spacial score (nSPS) is 14.3. The Kier molecular flexibility index (Phi) is 4.56. The van der Waals surface area contributed by atoms with Crippen molar-refractivity contribution >= 4 is 11.6 Å². The van der Waals surface area contributed by atoms with Crippen molar-refractivity contribution in [2.45, 2.75) is 32.2 Å². The lowest BCUT2D eigenvalue weighted by molar-refractivity contribution is 0.322. The Bertz CT molecular complexity index is 541. The molecule has 0 aliphatic carbocycles. The fraction of sp³-hybridized carbons (Fsp3) is 0.429. The number of nitrogens with one attached hydrogen (secondary N) is 1. The Balaban J connectivity index is 2.31. The molecule has 2 atom stereocenters. The predicted octanol–water partition coefficient (Wildman–Crippen LogP) is 3.49. The molecule has 0 fully saturated rings. The van der Waals surface area contributed by atoms with Crippen LogP contribution >= 0.6 is 11.6 Å². The van der Waals surface area contributed by atoms with Crippen molar-refractivity contribution in [2.24, 2.45) is 0 Å². The molecular weight excluding hydrogens is 262 g/mol. The van der Waals surface area contributed by atoms with E-state index in [4.69, 9.17) is 16.1 Å². The molecule has 1 aromatic carbocycles. The average molecular weight is 280 g/mol. The van der Waals surface area contributed by atoms with Crippen LogP contribution in [0.25, 0.3) is 11.4 Å². The van der Waals surface area contributed by atoms with Crippen LogP contribution in [-0.4, -0.2) is 23.2 Å². The van der Waals surface area contributed by atoms with Gasteiger partial charge in [0.25, 0.3) is 0 Å². The van der Waals surface area contributed by atoms with E-state index < -0.39 is 0 Å². The molecule has 0 aliphatic rings. The number of halogens is 1. The maximum Gasteiger partial charge on any atom is 0.231 e. The fourth-order valence-corrected chi connectivity index (χ4v) is 2.30. The lowest BCUT2D eigenvalue weighted by atomic mass is 9.98. The van der Waals surface area contributed by atoms with Crippen LogP contribution in [0.4, 0.5) is 0 Å². The van der Waals surface area contributed by atoms with Gasteiger partial charge in [0, 0.05) is 11.6 Å². The minimum Gasteiger partial charge on any atom is -0.339 e. The zero-order valence-corrected chi connectivity index (χ0v) is 12.1. The van der Waals surface area contributed by atoms with Crippen molar-refractivity contribution in [3.05, 3.63) is 35.2 Å². The van der Waals surface area contributed by atoms with E-state index in [1.807, 2.05) is 31.3 Å². The third-order valence-corrected chi connectivity index (χ3v) is 3.70. The van der Waals surface area contributed by atoms with E-state index in [0.29, 0.717) is 16.7 Å². The van der Waals surface area contributed by atoms with Gasteiger partial charge < -0.3 is 9.84 Å². The third kappa shape index (κ3) is 2.96. The molecule has 5 heteroatoms. The Hall–Kier alpha value is -1.39. The Morgan fingerprint density at radius 2 is 2.11 bits per heavy atom. The summed E-state index contributed by atoms with van der Waals surface area (Å²) < 4.78 is 5.39. The van der Waals surface area contributed by atoms with Crippen LogP contribution in [0.5, 0.6) is 0 Å². The van der Waals surface area contributed by atoms with Crippen molar-refractivity contribution in [1.29, 1.82) is 0 Å². The predicted molar refractivity (Wildman–Crippen MR) is 76.3 cm³/mol. The van der Waals surface area contributed by atoms with E-state index in [-0.39, 0.29) is 12.0 Å². The molecule has 0 spiro atoms. The average Bonchev–Trinajstić information content (AvgIpc) is 2.89. The first kappa shape index (κ1) is 14.0. The van der Waals surface area contributed by atoms with Gasteiger partial charge in [-0.3, -0.25) is 0 Å². The van der Waals surface area contributed by atoms with Gasteiger partial charge in [-0.05, 0) is 32.5 Å². The molecule has 102 valence electrons. The van der Waals surface area contributed by atoms with E-state index in [0.717, 1.165) is 12.0 Å².